The lowest BCUT2D eigenvalue weighted by Gasteiger charge is -2.22. The maximum Gasteiger partial charge on any atom is 0.305 e. The minimum absolute atomic E-state index is 0.00372. The van der Waals surface area contributed by atoms with Gasteiger partial charge in [0.25, 0.3) is 0 Å². The number of carbonyl (C=O) groups is 2. The number of carbonyl (C=O) groups excluding carboxylic acids is 2. The predicted octanol–water partition coefficient (Wildman–Crippen LogP) is 22.5. The van der Waals surface area contributed by atoms with Crippen molar-refractivity contribution in [2.45, 2.75) is 405 Å². The molecule has 0 bridgehead atoms. The molecule has 77 heavy (non-hydrogen) atoms. The van der Waals surface area contributed by atoms with Crippen molar-refractivity contribution in [3.8, 4) is 0 Å². The Morgan fingerprint density at radius 3 is 0.922 bits per heavy atom. The van der Waals surface area contributed by atoms with Gasteiger partial charge in [-0.2, -0.15) is 0 Å². The van der Waals surface area contributed by atoms with Crippen LogP contribution in [0.2, 0.25) is 0 Å². The fourth-order valence-corrected chi connectivity index (χ4v) is 11.1. The molecule has 3 N–H and O–H groups in total. The van der Waals surface area contributed by atoms with Crippen LogP contribution in [0, 0.1) is 0 Å². The van der Waals surface area contributed by atoms with Crippen LogP contribution in [0.5, 0.6) is 0 Å². The van der Waals surface area contributed by atoms with Gasteiger partial charge in [-0.1, -0.05) is 327 Å². The number of nitrogens with one attached hydrogen (secondary N) is 1. The van der Waals surface area contributed by atoms with E-state index < -0.39 is 12.1 Å². The van der Waals surface area contributed by atoms with Gasteiger partial charge in [-0.15, -0.1) is 0 Å². The van der Waals surface area contributed by atoms with E-state index in [4.69, 9.17) is 4.74 Å². The number of aliphatic hydroxyl groups excluding tert-OH is 2. The minimum atomic E-state index is -0.675. The lowest BCUT2D eigenvalue weighted by Crippen LogP contribution is -2.45. The van der Waals surface area contributed by atoms with Crippen molar-refractivity contribution in [1.29, 1.82) is 0 Å². The standard InChI is InChI=1S/C71H137NO5/c1-3-5-7-9-11-13-15-17-19-21-23-24-25-26-28-31-35-39-43-47-51-55-59-63-69(74)68(67-73)72-70(75)64-60-56-52-48-44-40-36-32-29-30-34-38-42-46-50-54-58-62-66-77-71(76)65-61-57-53-49-45-41-37-33-27-22-20-18-16-14-12-10-8-6-4-2/h18,20,32,36,68-69,73-74H,3-17,19,21-31,33-35,37-67H2,1-2H3,(H,72,75)/b20-18-,36-32-. The second-order valence-electron chi connectivity index (χ2n) is 24.2. The Morgan fingerprint density at radius 2 is 0.610 bits per heavy atom. The van der Waals surface area contributed by atoms with Crippen LogP contribution in [-0.4, -0.2) is 47.4 Å². The fourth-order valence-electron chi connectivity index (χ4n) is 11.1. The topological polar surface area (TPSA) is 95.9 Å². The van der Waals surface area contributed by atoms with Crippen molar-refractivity contribution in [1.82, 2.24) is 5.32 Å². The summed E-state index contributed by atoms with van der Waals surface area (Å²) in [7, 11) is 0. The Labute approximate surface area is 481 Å². The molecule has 0 saturated heterocycles. The highest BCUT2D eigenvalue weighted by molar-refractivity contribution is 5.76. The quantitative estimate of drug-likeness (QED) is 0.0320. The van der Waals surface area contributed by atoms with Crippen LogP contribution in [0.1, 0.15) is 393 Å². The van der Waals surface area contributed by atoms with Gasteiger partial charge in [-0.25, -0.2) is 0 Å². The summed E-state index contributed by atoms with van der Waals surface area (Å²) in [6.07, 6.45) is 83.6. The molecule has 0 aliphatic heterocycles. The van der Waals surface area contributed by atoms with Crippen molar-refractivity contribution in [3.05, 3.63) is 24.3 Å². The number of hydrogen-bond donors (Lipinski definition) is 3. The van der Waals surface area contributed by atoms with Crippen molar-refractivity contribution in [3.63, 3.8) is 0 Å². The first-order valence-corrected chi connectivity index (χ1v) is 35.1. The number of allylic oxidation sites excluding steroid dienone is 4. The zero-order chi connectivity index (χ0) is 55.7. The van der Waals surface area contributed by atoms with E-state index >= 15 is 0 Å². The molecule has 0 aromatic carbocycles. The van der Waals surface area contributed by atoms with Crippen molar-refractivity contribution in [2.24, 2.45) is 0 Å². The third-order valence-corrected chi connectivity index (χ3v) is 16.5. The first-order chi connectivity index (χ1) is 38.0. The van der Waals surface area contributed by atoms with Crippen LogP contribution in [-0.2, 0) is 14.3 Å². The van der Waals surface area contributed by atoms with E-state index in [-0.39, 0.29) is 18.5 Å². The van der Waals surface area contributed by atoms with Crippen molar-refractivity contribution in [2.75, 3.05) is 13.2 Å². The maximum absolute atomic E-state index is 12.5. The van der Waals surface area contributed by atoms with Gasteiger partial charge in [0.15, 0.2) is 0 Å². The Hall–Kier alpha value is -1.66. The first kappa shape index (κ1) is 75.3. The van der Waals surface area contributed by atoms with Gasteiger partial charge >= 0.3 is 5.97 Å². The summed E-state index contributed by atoms with van der Waals surface area (Å²) in [5, 5.41) is 23.4. The molecule has 0 saturated carbocycles. The molecule has 6 nitrogen and oxygen atoms in total. The Bertz CT molecular complexity index is 1200. The zero-order valence-electron chi connectivity index (χ0n) is 52.2. The number of ether oxygens (including phenoxy) is 1. The summed E-state index contributed by atoms with van der Waals surface area (Å²) >= 11 is 0. The SMILES string of the molecule is CCCCCCCC/C=C\CCCCCCCCCCCC(=O)OCCCCCCCCCCC/C=C\CCCCCCCC(=O)NC(CO)C(O)CCCCCCCCCCCCCCCCCCCCCCCCC. The predicted molar refractivity (Wildman–Crippen MR) is 338 cm³/mol. The van der Waals surface area contributed by atoms with Gasteiger partial charge in [-0.05, 0) is 77.0 Å². The van der Waals surface area contributed by atoms with Gasteiger partial charge in [0.2, 0.25) is 5.91 Å². The second-order valence-corrected chi connectivity index (χ2v) is 24.2. The highest BCUT2D eigenvalue weighted by Crippen LogP contribution is 2.19. The molecule has 0 spiro atoms. The van der Waals surface area contributed by atoms with E-state index in [0.29, 0.717) is 25.9 Å². The van der Waals surface area contributed by atoms with Crippen LogP contribution in [0.25, 0.3) is 0 Å². The molecule has 0 aliphatic carbocycles. The molecule has 0 radical (unpaired) electrons. The molecule has 2 atom stereocenters. The van der Waals surface area contributed by atoms with Crippen LogP contribution in [0.3, 0.4) is 0 Å². The summed E-state index contributed by atoms with van der Waals surface area (Å²) in [6.45, 7) is 4.97. The summed E-state index contributed by atoms with van der Waals surface area (Å²) in [4.78, 5) is 24.7. The molecule has 0 fully saturated rings. The smallest absolute Gasteiger partial charge is 0.305 e. The van der Waals surface area contributed by atoms with Crippen LogP contribution in [0.4, 0.5) is 0 Å². The van der Waals surface area contributed by atoms with E-state index in [1.54, 1.807) is 0 Å². The molecule has 0 aromatic heterocycles. The fraction of sp³-hybridized carbons (Fsp3) is 0.915. The van der Waals surface area contributed by atoms with E-state index in [9.17, 15) is 19.8 Å². The van der Waals surface area contributed by atoms with Gasteiger partial charge in [0, 0.05) is 12.8 Å². The normalized spacial score (nSPS) is 12.6. The first-order valence-electron chi connectivity index (χ1n) is 35.1. The summed E-state index contributed by atoms with van der Waals surface area (Å²) in [5.74, 6) is -0.0412. The number of unbranched alkanes of at least 4 members (excludes halogenated alkanes) is 51. The number of hydrogen-bond acceptors (Lipinski definition) is 5. The molecule has 0 rings (SSSR count). The van der Waals surface area contributed by atoms with Crippen molar-refractivity contribution >= 4 is 11.9 Å². The highest BCUT2D eigenvalue weighted by Gasteiger charge is 2.20. The molecule has 6 heteroatoms. The molecule has 2 unspecified atom stereocenters. The Kier molecular flexibility index (Phi) is 65.4. The molecule has 0 aliphatic rings. The second kappa shape index (κ2) is 66.8. The summed E-state index contributed by atoms with van der Waals surface area (Å²) in [6, 6.07) is -0.553. The lowest BCUT2D eigenvalue weighted by atomic mass is 10.0. The number of amides is 1. The highest BCUT2D eigenvalue weighted by atomic mass is 16.5. The molecule has 0 heterocycles. The van der Waals surface area contributed by atoms with E-state index in [0.717, 1.165) is 57.8 Å². The van der Waals surface area contributed by atoms with Crippen LogP contribution >= 0.6 is 0 Å². The van der Waals surface area contributed by atoms with Crippen LogP contribution in [0.15, 0.2) is 24.3 Å². The van der Waals surface area contributed by atoms with E-state index in [1.165, 1.54) is 302 Å². The number of esters is 1. The lowest BCUT2D eigenvalue weighted by molar-refractivity contribution is -0.143. The van der Waals surface area contributed by atoms with E-state index in [1.807, 2.05) is 0 Å². The molecule has 1 amide bonds. The molecule has 456 valence electrons. The third-order valence-electron chi connectivity index (χ3n) is 16.5. The molecule has 0 aromatic rings. The van der Waals surface area contributed by atoms with Crippen molar-refractivity contribution < 1.29 is 24.5 Å². The monoisotopic (exact) mass is 1080 g/mol. The van der Waals surface area contributed by atoms with Gasteiger partial charge < -0.3 is 20.3 Å². The van der Waals surface area contributed by atoms with Gasteiger partial charge in [0.1, 0.15) is 0 Å². The largest absolute Gasteiger partial charge is 0.466 e. The zero-order valence-corrected chi connectivity index (χ0v) is 52.2. The van der Waals surface area contributed by atoms with E-state index in [2.05, 4.69) is 43.5 Å². The van der Waals surface area contributed by atoms with Gasteiger partial charge in [0.05, 0.1) is 25.4 Å². The molecular formula is C71H137NO5. The third kappa shape index (κ3) is 63.4. The minimum Gasteiger partial charge on any atom is -0.466 e. The summed E-state index contributed by atoms with van der Waals surface area (Å²) < 4.78 is 5.50. The number of rotatable bonds is 66. The average molecular weight is 1080 g/mol. The number of aliphatic hydroxyl groups is 2. The van der Waals surface area contributed by atoms with Gasteiger partial charge in [-0.3, -0.25) is 9.59 Å². The Balaban J connectivity index is 3.42. The Morgan fingerprint density at radius 1 is 0.351 bits per heavy atom. The van der Waals surface area contributed by atoms with Crippen LogP contribution < -0.4 is 5.32 Å². The average Bonchev–Trinajstić information content (AvgIpc) is 3.43. The maximum atomic E-state index is 12.5. The summed E-state index contributed by atoms with van der Waals surface area (Å²) in [5.41, 5.74) is 0. The molecular weight excluding hydrogens is 947 g/mol.